The Bertz CT molecular complexity index is 377. The van der Waals surface area contributed by atoms with Crippen molar-refractivity contribution in [2.24, 2.45) is 11.8 Å². The Balaban J connectivity index is 0.00000200. The van der Waals surface area contributed by atoms with Gasteiger partial charge in [0.1, 0.15) is 5.82 Å². The molecule has 1 N–H and O–H groups in total. The molecule has 114 valence electrons. The maximum absolute atomic E-state index is 12.8. The van der Waals surface area contributed by atoms with E-state index in [2.05, 4.69) is 11.8 Å². The van der Waals surface area contributed by atoms with Crippen LogP contribution in [0.5, 0.6) is 0 Å². The third kappa shape index (κ3) is 5.39. The molecule has 1 aromatic rings. The van der Waals surface area contributed by atoms with E-state index < -0.39 is 0 Å². The summed E-state index contributed by atoms with van der Waals surface area (Å²) in [4.78, 5) is 2.45. The molecule has 2 nitrogen and oxygen atoms in total. The van der Waals surface area contributed by atoms with E-state index in [1.807, 2.05) is 12.1 Å². The Morgan fingerprint density at radius 3 is 2.40 bits per heavy atom. The van der Waals surface area contributed by atoms with Crippen LogP contribution in [0.4, 0.5) is 4.39 Å². The van der Waals surface area contributed by atoms with E-state index in [0.29, 0.717) is 11.8 Å². The number of aliphatic hydroxyl groups excluding tert-OH is 1. The zero-order chi connectivity index (χ0) is 13.7. The van der Waals surface area contributed by atoms with Crippen molar-refractivity contribution >= 4 is 12.4 Å². The van der Waals surface area contributed by atoms with Gasteiger partial charge in [-0.3, -0.25) is 0 Å². The predicted octanol–water partition coefficient (Wildman–Crippen LogP) is 3.13. The van der Waals surface area contributed by atoms with Gasteiger partial charge in [-0.15, -0.1) is 12.4 Å². The molecule has 1 saturated heterocycles. The van der Waals surface area contributed by atoms with Gasteiger partial charge in [-0.25, -0.2) is 4.39 Å². The molecule has 2 rings (SSSR count). The van der Waals surface area contributed by atoms with Gasteiger partial charge in [0.25, 0.3) is 0 Å². The van der Waals surface area contributed by atoms with Crippen molar-refractivity contribution in [3.63, 3.8) is 0 Å². The lowest BCUT2D eigenvalue weighted by Crippen LogP contribution is -2.37. The fourth-order valence-corrected chi connectivity index (χ4v) is 2.83. The summed E-state index contributed by atoms with van der Waals surface area (Å²) < 4.78 is 12.8. The molecular formula is C16H25ClFNO. The minimum atomic E-state index is -0.156. The summed E-state index contributed by atoms with van der Waals surface area (Å²) in [7, 11) is 0. The SMILES string of the molecule is C[C@@H](CO)CN1CCC(Cc2ccc(F)cc2)CC1.Cl. The van der Waals surface area contributed by atoms with E-state index in [9.17, 15) is 4.39 Å². The maximum atomic E-state index is 12.8. The summed E-state index contributed by atoms with van der Waals surface area (Å²) in [6.07, 6.45) is 3.47. The summed E-state index contributed by atoms with van der Waals surface area (Å²) in [5.74, 6) is 0.927. The minimum absolute atomic E-state index is 0. The third-order valence-corrected chi connectivity index (χ3v) is 4.03. The van der Waals surface area contributed by atoms with Crippen molar-refractivity contribution in [1.82, 2.24) is 4.90 Å². The Morgan fingerprint density at radius 1 is 1.25 bits per heavy atom. The molecule has 20 heavy (non-hydrogen) atoms. The van der Waals surface area contributed by atoms with Crippen molar-refractivity contribution in [2.75, 3.05) is 26.2 Å². The van der Waals surface area contributed by atoms with Gasteiger partial charge in [0.15, 0.2) is 0 Å². The second-order valence-corrected chi connectivity index (χ2v) is 5.86. The Hall–Kier alpha value is -0.640. The molecular weight excluding hydrogens is 277 g/mol. The highest BCUT2D eigenvalue weighted by Gasteiger charge is 2.20. The lowest BCUT2D eigenvalue weighted by Gasteiger charge is -2.33. The van der Waals surface area contributed by atoms with Crippen molar-refractivity contribution in [2.45, 2.75) is 26.2 Å². The molecule has 0 spiro atoms. The average Bonchev–Trinajstić information content (AvgIpc) is 2.43. The molecule has 4 heteroatoms. The van der Waals surface area contributed by atoms with Crippen LogP contribution in [0.25, 0.3) is 0 Å². The molecule has 1 aliphatic heterocycles. The van der Waals surface area contributed by atoms with E-state index >= 15 is 0 Å². The van der Waals surface area contributed by atoms with Gasteiger partial charge in [-0.05, 0) is 61.9 Å². The molecule has 1 atom stereocenters. The third-order valence-electron chi connectivity index (χ3n) is 4.03. The number of hydrogen-bond donors (Lipinski definition) is 1. The number of likely N-dealkylation sites (tertiary alicyclic amines) is 1. The Morgan fingerprint density at radius 2 is 1.85 bits per heavy atom. The van der Waals surface area contributed by atoms with Crippen LogP contribution in [0.15, 0.2) is 24.3 Å². The molecule has 0 aliphatic carbocycles. The van der Waals surface area contributed by atoms with Gasteiger partial charge in [0.2, 0.25) is 0 Å². The van der Waals surface area contributed by atoms with Crippen LogP contribution in [-0.4, -0.2) is 36.2 Å². The highest BCUT2D eigenvalue weighted by atomic mass is 35.5. The monoisotopic (exact) mass is 301 g/mol. The maximum Gasteiger partial charge on any atom is 0.123 e. The predicted molar refractivity (Wildman–Crippen MR) is 82.8 cm³/mol. The van der Waals surface area contributed by atoms with E-state index in [1.54, 1.807) is 12.1 Å². The molecule has 0 unspecified atom stereocenters. The van der Waals surface area contributed by atoms with Crippen molar-refractivity contribution in [3.05, 3.63) is 35.6 Å². The average molecular weight is 302 g/mol. The zero-order valence-corrected chi connectivity index (χ0v) is 12.9. The fourth-order valence-electron chi connectivity index (χ4n) is 2.83. The molecule has 0 radical (unpaired) electrons. The molecule has 1 fully saturated rings. The Kier molecular flexibility index (Phi) is 7.49. The summed E-state index contributed by atoms with van der Waals surface area (Å²) in [6, 6.07) is 6.89. The number of aliphatic hydroxyl groups is 1. The number of rotatable bonds is 5. The van der Waals surface area contributed by atoms with Gasteiger partial charge < -0.3 is 10.0 Å². The van der Waals surface area contributed by atoms with Crippen LogP contribution in [-0.2, 0) is 6.42 Å². The molecule has 1 heterocycles. The second-order valence-electron chi connectivity index (χ2n) is 5.86. The van der Waals surface area contributed by atoms with Crippen LogP contribution < -0.4 is 0 Å². The van der Waals surface area contributed by atoms with Crippen LogP contribution >= 0.6 is 12.4 Å². The van der Waals surface area contributed by atoms with Crippen LogP contribution in [0.2, 0.25) is 0 Å². The Labute approximate surface area is 127 Å². The number of benzene rings is 1. The summed E-state index contributed by atoms with van der Waals surface area (Å²) in [5, 5.41) is 9.08. The summed E-state index contributed by atoms with van der Waals surface area (Å²) in [5.41, 5.74) is 1.24. The topological polar surface area (TPSA) is 23.5 Å². The normalized spacial score (nSPS) is 18.6. The lowest BCUT2D eigenvalue weighted by atomic mass is 9.90. The lowest BCUT2D eigenvalue weighted by molar-refractivity contribution is 0.135. The first-order valence-electron chi connectivity index (χ1n) is 7.25. The first-order valence-corrected chi connectivity index (χ1v) is 7.25. The van der Waals surface area contributed by atoms with E-state index in [1.165, 1.54) is 18.4 Å². The quantitative estimate of drug-likeness (QED) is 0.903. The van der Waals surface area contributed by atoms with Gasteiger partial charge in [-0.2, -0.15) is 0 Å². The van der Waals surface area contributed by atoms with Gasteiger partial charge in [0.05, 0.1) is 0 Å². The number of hydrogen-bond acceptors (Lipinski definition) is 2. The number of halogens is 2. The van der Waals surface area contributed by atoms with E-state index in [-0.39, 0.29) is 24.8 Å². The molecule has 0 saturated carbocycles. The molecule has 1 aromatic carbocycles. The minimum Gasteiger partial charge on any atom is -0.396 e. The van der Waals surface area contributed by atoms with Crippen molar-refractivity contribution in [1.29, 1.82) is 0 Å². The zero-order valence-electron chi connectivity index (χ0n) is 12.1. The molecule has 1 aliphatic rings. The molecule has 0 aromatic heterocycles. The first kappa shape index (κ1) is 17.4. The summed E-state index contributed by atoms with van der Waals surface area (Å²) >= 11 is 0. The van der Waals surface area contributed by atoms with Crippen LogP contribution in [0.3, 0.4) is 0 Å². The highest BCUT2D eigenvalue weighted by Crippen LogP contribution is 2.22. The van der Waals surface area contributed by atoms with Crippen molar-refractivity contribution in [3.8, 4) is 0 Å². The van der Waals surface area contributed by atoms with Gasteiger partial charge in [-0.1, -0.05) is 19.1 Å². The largest absolute Gasteiger partial charge is 0.396 e. The van der Waals surface area contributed by atoms with E-state index in [4.69, 9.17) is 5.11 Å². The standard InChI is InChI=1S/C16H24FNO.ClH/c1-13(12-19)11-18-8-6-15(7-9-18)10-14-2-4-16(17)5-3-14;/h2-5,13,15,19H,6-12H2,1H3;1H/t13-;/m1./s1. The molecule has 0 amide bonds. The first-order chi connectivity index (χ1) is 9.17. The van der Waals surface area contributed by atoms with Crippen molar-refractivity contribution < 1.29 is 9.50 Å². The van der Waals surface area contributed by atoms with Crippen LogP contribution in [0.1, 0.15) is 25.3 Å². The van der Waals surface area contributed by atoms with E-state index in [0.717, 1.165) is 26.1 Å². The molecule has 0 bridgehead atoms. The smallest absolute Gasteiger partial charge is 0.123 e. The number of nitrogens with zero attached hydrogens (tertiary/aromatic N) is 1. The highest BCUT2D eigenvalue weighted by molar-refractivity contribution is 5.85. The summed E-state index contributed by atoms with van der Waals surface area (Å²) in [6.45, 7) is 5.60. The van der Waals surface area contributed by atoms with Gasteiger partial charge >= 0.3 is 0 Å². The number of piperidine rings is 1. The fraction of sp³-hybridized carbons (Fsp3) is 0.625. The second kappa shape index (κ2) is 8.60. The van der Waals surface area contributed by atoms with Gasteiger partial charge in [0, 0.05) is 13.2 Å². The van der Waals surface area contributed by atoms with Crippen LogP contribution in [0, 0.1) is 17.7 Å².